The number of carbonyl (C=O) groups excluding carboxylic acids is 1. The molecule has 1 aromatic heterocycles. The average molecular weight is 488 g/mol. The molecule has 1 unspecified atom stereocenters. The number of hydrogen-bond donors (Lipinski definition) is 2. The maximum absolute atomic E-state index is 13.1. The fraction of sp³-hybridized carbons (Fsp3) is 0.364. The van der Waals surface area contributed by atoms with Gasteiger partial charge in [-0.3, -0.25) is 9.59 Å². The topological polar surface area (TPSA) is 122 Å². The van der Waals surface area contributed by atoms with Gasteiger partial charge < -0.3 is 34.4 Å². The molecular weight excluding hydrogens is 461 g/mol. The van der Waals surface area contributed by atoms with E-state index >= 15 is 0 Å². The number of aromatic nitrogens is 1. The van der Waals surface area contributed by atoms with E-state index in [2.05, 4.69) is 4.74 Å². The van der Waals surface area contributed by atoms with Gasteiger partial charge in [0.25, 0.3) is 11.5 Å². The zero-order valence-corrected chi connectivity index (χ0v) is 19.1. The van der Waals surface area contributed by atoms with Crippen LogP contribution in [0.5, 0.6) is 5.75 Å². The van der Waals surface area contributed by atoms with Crippen LogP contribution in [-0.2, 0) is 25.1 Å². The molecule has 0 radical (unpaired) electrons. The summed E-state index contributed by atoms with van der Waals surface area (Å²) in [5.41, 5.74) is 1.85. The van der Waals surface area contributed by atoms with Crippen LogP contribution in [0, 0.1) is 0 Å². The summed E-state index contributed by atoms with van der Waals surface area (Å²) >= 11 is 0. The molecule has 9 nitrogen and oxygen atoms in total. The minimum atomic E-state index is -4.79. The van der Waals surface area contributed by atoms with Crippen molar-refractivity contribution in [1.29, 1.82) is 0 Å². The summed E-state index contributed by atoms with van der Waals surface area (Å²) in [6, 6.07) is 6.53. The van der Waals surface area contributed by atoms with E-state index in [0.717, 1.165) is 6.07 Å². The molecular formula is C22H27F3N2O7. The van der Waals surface area contributed by atoms with Gasteiger partial charge in [0.05, 0.1) is 13.7 Å². The standard InChI is InChI=1S/C14H11F3N2O3.C6H10O3.C2H6O/c1-22-8-4-2-7(3-5-8)9-6-10(12(18)20)13(21)19-11(9)14(15,16)17;1-7-4-6-5-8-2-3-9-6;1-3-2/h2-6H,1H3,(H2,18,20)(H,19,21);2-3,6H,4-5H2,1H3;1-2H3. The summed E-state index contributed by atoms with van der Waals surface area (Å²) in [7, 11) is 6.31. The first-order valence-corrected chi connectivity index (χ1v) is 9.68. The number of nitrogens with two attached hydrogens (primary N) is 1. The van der Waals surface area contributed by atoms with Crippen LogP contribution >= 0.6 is 0 Å². The molecule has 0 bridgehead atoms. The fourth-order valence-corrected chi connectivity index (χ4v) is 2.59. The van der Waals surface area contributed by atoms with Crippen LogP contribution in [0.1, 0.15) is 16.1 Å². The van der Waals surface area contributed by atoms with Gasteiger partial charge in [-0.1, -0.05) is 12.1 Å². The number of alkyl halides is 3. The molecule has 1 amide bonds. The van der Waals surface area contributed by atoms with Crippen LogP contribution in [0.25, 0.3) is 11.1 Å². The van der Waals surface area contributed by atoms with Crippen LogP contribution in [0.3, 0.4) is 0 Å². The number of hydrogen-bond acceptors (Lipinski definition) is 7. The van der Waals surface area contributed by atoms with E-state index in [1.165, 1.54) is 43.9 Å². The molecule has 0 saturated carbocycles. The van der Waals surface area contributed by atoms with Gasteiger partial charge in [-0.15, -0.1) is 0 Å². The molecule has 1 aliphatic heterocycles. The van der Waals surface area contributed by atoms with Gasteiger partial charge in [-0.25, -0.2) is 0 Å². The van der Waals surface area contributed by atoms with Crippen molar-refractivity contribution in [2.24, 2.45) is 5.73 Å². The predicted octanol–water partition coefficient (Wildman–Crippen LogP) is 2.95. The van der Waals surface area contributed by atoms with Gasteiger partial charge in [0.2, 0.25) is 0 Å². The number of halogens is 3. The zero-order chi connectivity index (χ0) is 25.7. The molecule has 1 aromatic carbocycles. The minimum Gasteiger partial charge on any atom is -0.497 e. The second kappa shape index (κ2) is 13.9. The molecule has 2 aromatic rings. The van der Waals surface area contributed by atoms with E-state index in [-0.39, 0.29) is 17.2 Å². The quantitative estimate of drug-likeness (QED) is 0.664. The van der Waals surface area contributed by atoms with Crippen LogP contribution in [0.15, 0.2) is 47.7 Å². The molecule has 0 aliphatic carbocycles. The lowest BCUT2D eigenvalue weighted by molar-refractivity contribution is -0.140. The Labute approximate surface area is 194 Å². The average Bonchev–Trinajstić information content (AvgIpc) is 2.80. The summed E-state index contributed by atoms with van der Waals surface area (Å²) in [5, 5.41) is 0. The summed E-state index contributed by atoms with van der Waals surface area (Å²) in [6.45, 7) is 1.18. The van der Waals surface area contributed by atoms with E-state index < -0.39 is 28.9 Å². The Morgan fingerprint density at radius 3 is 2.21 bits per heavy atom. The number of benzene rings is 1. The van der Waals surface area contributed by atoms with Crippen LogP contribution < -0.4 is 16.0 Å². The first-order valence-electron chi connectivity index (χ1n) is 9.68. The molecule has 0 spiro atoms. The Hall–Kier alpha value is -3.51. The molecule has 3 N–H and O–H groups in total. The highest BCUT2D eigenvalue weighted by atomic mass is 19.4. The maximum Gasteiger partial charge on any atom is 0.431 e. The lowest BCUT2D eigenvalue weighted by Gasteiger charge is -2.18. The van der Waals surface area contributed by atoms with Gasteiger partial charge in [-0.2, -0.15) is 13.2 Å². The zero-order valence-electron chi connectivity index (χ0n) is 19.1. The number of aromatic amines is 1. The third-order valence-electron chi connectivity index (χ3n) is 4.05. The summed E-state index contributed by atoms with van der Waals surface area (Å²) in [5.74, 6) is -0.651. The number of ether oxygens (including phenoxy) is 5. The van der Waals surface area contributed by atoms with Crippen LogP contribution in [-0.4, -0.2) is 58.6 Å². The third kappa shape index (κ3) is 8.79. The number of amides is 1. The lowest BCUT2D eigenvalue weighted by Crippen LogP contribution is -2.27. The van der Waals surface area contributed by atoms with Crippen molar-refractivity contribution in [3.8, 4) is 16.9 Å². The molecule has 2 heterocycles. The second-order valence-corrected chi connectivity index (χ2v) is 6.62. The number of primary amides is 1. The summed E-state index contributed by atoms with van der Waals surface area (Å²) in [4.78, 5) is 24.4. The fourth-order valence-electron chi connectivity index (χ4n) is 2.59. The molecule has 1 atom stereocenters. The number of methoxy groups -OCH3 is 3. The molecule has 12 heteroatoms. The highest BCUT2D eigenvalue weighted by molar-refractivity contribution is 5.93. The van der Waals surface area contributed by atoms with Crippen molar-refractivity contribution in [3.63, 3.8) is 0 Å². The Bertz CT molecular complexity index is 989. The van der Waals surface area contributed by atoms with Gasteiger partial charge in [0, 0.05) is 26.9 Å². The first-order chi connectivity index (χ1) is 16.1. The van der Waals surface area contributed by atoms with E-state index in [9.17, 15) is 22.8 Å². The number of nitrogens with one attached hydrogen (secondary N) is 1. The molecule has 34 heavy (non-hydrogen) atoms. The van der Waals surface area contributed by atoms with Gasteiger partial charge in [0.15, 0.2) is 6.10 Å². The van der Waals surface area contributed by atoms with Crippen molar-refractivity contribution in [2.45, 2.75) is 12.3 Å². The van der Waals surface area contributed by atoms with Crippen molar-refractivity contribution < 1.29 is 41.7 Å². The second-order valence-electron chi connectivity index (χ2n) is 6.62. The van der Waals surface area contributed by atoms with Crippen LogP contribution in [0.2, 0.25) is 0 Å². The van der Waals surface area contributed by atoms with Crippen molar-refractivity contribution in [2.75, 3.05) is 41.7 Å². The first kappa shape index (κ1) is 28.5. The van der Waals surface area contributed by atoms with Gasteiger partial charge >= 0.3 is 6.18 Å². The SMILES string of the molecule is COC.COCC1COC=CO1.COc1ccc(-c2cc(C(N)=O)c(=O)[nH]c2C(F)(F)F)cc1. The summed E-state index contributed by atoms with van der Waals surface area (Å²) < 4.78 is 63.3. The molecule has 3 rings (SSSR count). The normalized spacial score (nSPS) is 14.4. The molecule has 188 valence electrons. The van der Waals surface area contributed by atoms with E-state index in [1.54, 1.807) is 26.3 Å². The number of pyridine rings is 1. The highest BCUT2D eigenvalue weighted by Crippen LogP contribution is 2.35. The van der Waals surface area contributed by atoms with Crippen molar-refractivity contribution in [1.82, 2.24) is 4.98 Å². The number of rotatable bonds is 5. The third-order valence-corrected chi connectivity index (χ3v) is 4.05. The Kier molecular flexibility index (Phi) is 11.7. The summed E-state index contributed by atoms with van der Waals surface area (Å²) in [6.07, 6.45) is -1.65. The van der Waals surface area contributed by atoms with Gasteiger partial charge in [-0.05, 0) is 23.8 Å². The highest BCUT2D eigenvalue weighted by Gasteiger charge is 2.36. The monoisotopic (exact) mass is 488 g/mol. The predicted molar refractivity (Wildman–Crippen MR) is 117 cm³/mol. The Morgan fingerprint density at radius 1 is 1.15 bits per heavy atom. The molecule has 0 fully saturated rings. The lowest BCUT2D eigenvalue weighted by atomic mass is 10.0. The largest absolute Gasteiger partial charge is 0.497 e. The smallest absolute Gasteiger partial charge is 0.431 e. The van der Waals surface area contributed by atoms with E-state index in [1.807, 2.05) is 0 Å². The minimum absolute atomic E-state index is 0.0694. The number of carbonyl (C=O) groups is 1. The van der Waals surface area contributed by atoms with E-state index in [4.69, 9.17) is 24.7 Å². The Balaban J connectivity index is 0.000000398. The van der Waals surface area contributed by atoms with Gasteiger partial charge in [0.1, 0.15) is 36.1 Å². The number of H-pyrrole nitrogens is 1. The van der Waals surface area contributed by atoms with Crippen LogP contribution in [0.4, 0.5) is 13.2 Å². The molecule has 0 saturated heterocycles. The molecule has 1 aliphatic rings. The Morgan fingerprint density at radius 2 is 1.76 bits per heavy atom. The van der Waals surface area contributed by atoms with Crippen molar-refractivity contribution >= 4 is 5.91 Å². The van der Waals surface area contributed by atoms with E-state index in [0.29, 0.717) is 19.0 Å². The van der Waals surface area contributed by atoms with Crippen molar-refractivity contribution in [3.05, 3.63) is 64.5 Å². The maximum atomic E-state index is 13.1.